The molecule has 3 rings (SSSR count). The maximum atomic E-state index is 12.5. The van der Waals surface area contributed by atoms with Crippen molar-refractivity contribution in [3.05, 3.63) is 89.4 Å². The van der Waals surface area contributed by atoms with Crippen LogP contribution in [0.2, 0.25) is 0 Å². The van der Waals surface area contributed by atoms with E-state index in [1.807, 2.05) is 37.3 Å². The summed E-state index contributed by atoms with van der Waals surface area (Å²) in [4.78, 5) is 23.9. The number of furan rings is 1. The van der Waals surface area contributed by atoms with Gasteiger partial charge in [0.1, 0.15) is 11.8 Å². The number of anilines is 1. The second-order valence-electron chi connectivity index (χ2n) is 5.85. The van der Waals surface area contributed by atoms with Gasteiger partial charge in [-0.15, -0.1) is 0 Å². The summed E-state index contributed by atoms with van der Waals surface area (Å²) in [5.41, 5.74) is 7.86. The van der Waals surface area contributed by atoms with Gasteiger partial charge >= 0.3 is 6.03 Å². The van der Waals surface area contributed by atoms with Crippen LogP contribution in [0.25, 0.3) is 0 Å². The van der Waals surface area contributed by atoms with Crippen molar-refractivity contribution >= 4 is 17.6 Å². The summed E-state index contributed by atoms with van der Waals surface area (Å²) in [7, 11) is 0. The van der Waals surface area contributed by atoms with Crippen molar-refractivity contribution in [1.82, 2.24) is 5.32 Å². The average molecular weight is 349 g/mol. The second-order valence-corrected chi connectivity index (χ2v) is 5.85. The Hall–Kier alpha value is -3.54. The van der Waals surface area contributed by atoms with E-state index in [1.54, 1.807) is 36.6 Å². The summed E-state index contributed by atoms with van der Waals surface area (Å²) >= 11 is 0. The van der Waals surface area contributed by atoms with Crippen LogP contribution in [0.15, 0.2) is 71.3 Å². The minimum Gasteiger partial charge on any atom is -0.467 e. The van der Waals surface area contributed by atoms with Gasteiger partial charge in [0.25, 0.3) is 0 Å². The van der Waals surface area contributed by atoms with Gasteiger partial charge in [-0.1, -0.05) is 36.4 Å². The van der Waals surface area contributed by atoms with Gasteiger partial charge in [0.15, 0.2) is 0 Å². The van der Waals surface area contributed by atoms with E-state index in [4.69, 9.17) is 10.2 Å². The second kappa shape index (κ2) is 7.57. The summed E-state index contributed by atoms with van der Waals surface area (Å²) in [5.74, 6) is 0.0696. The summed E-state index contributed by atoms with van der Waals surface area (Å²) in [6, 6.07) is 17.1. The Balaban J connectivity index is 1.81. The van der Waals surface area contributed by atoms with Crippen LogP contribution in [0.1, 0.15) is 33.3 Å². The molecule has 3 aromatic rings. The monoisotopic (exact) mass is 349 g/mol. The van der Waals surface area contributed by atoms with E-state index in [0.29, 0.717) is 17.0 Å². The molecule has 0 fully saturated rings. The van der Waals surface area contributed by atoms with E-state index in [2.05, 4.69) is 10.6 Å². The zero-order chi connectivity index (χ0) is 18.5. The molecule has 0 saturated heterocycles. The molecule has 2 aromatic carbocycles. The molecular weight excluding hydrogens is 330 g/mol. The van der Waals surface area contributed by atoms with Gasteiger partial charge in [-0.25, -0.2) is 4.79 Å². The molecule has 1 aromatic heterocycles. The molecule has 3 amide bonds. The highest BCUT2D eigenvalue weighted by atomic mass is 16.3. The summed E-state index contributed by atoms with van der Waals surface area (Å²) < 4.78 is 5.47. The van der Waals surface area contributed by atoms with E-state index in [1.165, 1.54) is 0 Å². The van der Waals surface area contributed by atoms with Gasteiger partial charge in [-0.2, -0.15) is 0 Å². The lowest BCUT2D eigenvalue weighted by atomic mass is 10.0. The normalized spacial score (nSPS) is 11.6. The quantitative estimate of drug-likeness (QED) is 0.656. The first kappa shape index (κ1) is 17.3. The van der Waals surface area contributed by atoms with Crippen LogP contribution in [0, 0.1) is 6.92 Å². The number of carbonyl (C=O) groups excluding carboxylic acids is 2. The lowest BCUT2D eigenvalue weighted by Gasteiger charge is -2.18. The number of primary amides is 1. The molecule has 0 spiro atoms. The third-order valence-electron chi connectivity index (χ3n) is 4.01. The van der Waals surface area contributed by atoms with Crippen molar-refractivity contribution in [2.75, 3.05) is 5.32 Å². The van der Waals surface area contributed by atoms with Gasteiger partial charge in [-0.05, 0) is 42.3 Å². The Kier molecular flexibility index (Phi) is 5.03. The number of hydrogen-bond acceptors (Lipinski definition) is 3. The van der Waals surface area contributed by atoms with Gasteiger partial charge in [-0.3, -0.25) is 4.79 Å². The molecule has 0 saturated carbocycles. The first-order valence-electron chi connectivity index (χ1n) is 8.11. The highest BCUT2D eigenvalue weighted by molar-refractivity contribution is 5.96. The van der Waals surface area contributed by atoms with Crippen LogP contribution < -0.4 is 16.4 Å². The fraction of sp³-hybridized carbons (Fsp3) is 0.100. The van der Waals surface area contributed by atoms with Crippen LogP contribution in [0.4, 0.5) is 10.5 Å². The molecule has 0 aliphatic carbocycles. The van der Waals surface area contributed by atoms with Crippen LogP contribution >= 0.6 is 0 Å². The summed E-state index contributed by atoms with van der Waals surface area (Å²) in [5, 5.41) is 5.67. The predicted molar refractivity (Wildman–Crippen MR) is 98.8 cm³/mol. The molecule has 26 heavy (non-hydrogen) atoms. The molecule has 0 aliphatic heterocycles. The van der Waals surface area contributed by atoms with Crippen LogP contribution in [0.3, 0.4) is 0 Å². The Bertz CT molecular complexity index is 905. The smallest absolute Gasteiger partial charge is 0.320 e. The maximum Gasteiger partial charge on any atom is 0.320 e. The fourth-order valence-electron chi connectivity index (χ4n) is 2.62. The first-order chi connectivity index (χ1) is 12.5. The molecule has 0 unspecified atom stereocenters. The molecule has 0 bridgehead atoms. The SMILES string of the molecule is Cc1ccc(C(N)=O)cc1NC(=O)N[C@@H](c1ccccc1)c1ccco1. The minimum atomic E-state index is -0.550. The Morgan fingerprint density at radius 3 is 2.46 bits per heavy atom. The lowest BCUT2D eigenvalue weighted by molar-refractivity contribution is 0.1000. The Morgan fingerprint density at radius 1 is 1.04 bits per heavy atom. The van der Waals surface area contributed by atoms with Crippen LogP contribution in [-0.2, 0) is 0 Å². The number of nitrogens with one attached hydrogen (secondary N) is 2. The van der Waals surface area contributed by atoms with E-state index in [0.717, 1.165) is 11.1 Å². The van der Waals surface area contributed by atoms with Gasteiger partial charge in [0, 0.05) is 11.3 Å². The average Bonchev–Trinajstić information content (AvgIpc) is 3.16. The highest BCUT2D eigenvalue weighted by Gasteiger charge is 2.19. The number of nitrogens with two attached hydrogens (primary N) is 1. The molecule has 132 valence electrons. The standard InChI is InChI=1S/C20H19N3O3/c1-13-9-10-15(19(21)24)12-16(13)22-20(25)23-18(17-8-5-11-26-17)14-6-3-2-4-7-14/h2-12,18H,1H3,(H2,21,24)(H2,22,23,25)/t18-/m0/s1. The van der Waals surface area contributed by atoms with Gasteiger partial charge in [0.2, 0.25) is 5.91 Å². The number of aryl methyl sites for hydroxylation is 1. The largest absolute Gasteiger partial charge is 0.467 e. The van der Waals surface area contributed by atoms with Gasteiger partial charge in [0.05, 0.1) is 6.26 Å². The van der Waals surface area contributed by atoms with E-state index in [9.17, 15) is 9.59 Å². The van der Waals surface area contributed by atoms with Crippen molar-refractivity contribution < 1.29 is 14.0 Å². The molecular formula is C20H19N3O3. The molecule has 1 heterocycles. The van der Waals surface area contributed by atoms with E-state index in [-0.39, 0.29) is 0 Å². The number of rotatable bonds is 5. The molecule has 4 N–H and O–H groups in total. The number of amides is 3. The van der Waals surface area contributed by atoms with Gasteiger partial charge < -0.3 is 20.8 Å². The number of urea groups is 1. The Morgan fingerprint density at radius 2 is 1.81 bits per heavy atom. The zero-order valence-corrected chi connectivity index (χ0v) is 14.2. The van der Waals surface area contributed by atoms with E-state index < -0.39 is 18.0 Å². The van der Waals surface area contributed by atoms with Crippen molar-refractivity contribution in [3.8, 4) is 0 Å². The van der Waals surface area contributed by atoms with Crippen molar-refractivity contribution in [2.45, 2.75) is 13.0 Å². The number of hydrogen-bond donors (Lipinski definition) is 3. The summed E-state index contributed by atoms with van der Waals surface area (Å²) in [6.45, 7) is 1.83. The molecule has 6 nitrogen and oxygen atoms in total. The highest BCUT2D eigenvalue weighted by Crippen LogP contribution is 2.23. The molecule has 1 atom stereocenters. The van der Waals surface area contributed by atoms with Crippen molar-refractivity contribution in [2.24, 2.45) is 5.73 Å². The predicted octanol–water partition coefficient (Wildman–Crippen LogP) is 3.60. The maximum absolute atomic E-state index is 12.5. The number of carbonyl (C=O) groups is 2. The third-order valence-corrected chi connectivity index (χ3v) is 4.01. The Labute approximate surface area is 151 Å². The first-order valence-corrected chi connectivity index (χ1v) is 8.11. The zero-order valence-electron chi connectivity index (χ0n) is 14.2. The minimum absolute atomic E-state index is 0.330. The number of benzene rings is 2. The van der Waals surface area contributed by atoms with Crippen molar-refractivity contribution in [3.63, 3.8) is 0 Å². The molecule has 6 heteroatoms. The molecule has 0 aliphatic rings. The third kappa shape index (κ3) is 3.92. The van der Waals surface area contributed by atoms with E-state index >= 15 is 0 Å². The molecule has 0 radical (unpaired) electrons. The van der Waals surface area contributed by atoms with Crippen LogP contribution in [-0.4, -0.2) is 11.9 Å². The van der Waals surface area contributed by atoms with Crippen molar-refractivity contribution in [1.29, 1.82) is 0 Å². The topological polar surface area (TPSA) is 97.4 Å². The lowest BCUT2D eigenvalue weighted by Crippen LogP contribution is -2.33. The fourth-order valence-corrected chi connectivity index (χ4v) is 2.62. The summed E-state index contributed by atoms with van der Waals surface area (Å²) in [6.07, 6.45) is 1.56. The van der Waals surface area contributed by atoms with Crippen LogP contribution in [0.5, 0.6) is 0 Å².